The third-order valence-corrected chi connectivity index (χ3v) is 3.67. The first-order valence-corrected chi connectivity index (χ1v) is 7.22. The van der Waals surface area contributed by atoms with Crippen molar-refractivity contribution in [1.29, 1.82) is 0 Å². The van der Waals surface area contributed by atoms with Crippen LogP contribution in [0, 0.1) is 16.7 Å². The lowest BCUT2D eigenvalue weighted by atomic mass is 9.64. The Labute approximate surface area is 113 Å². The van der Waals surface area contributed by atoms with E-state index < -0.39 is 10.8 Å². The van der Waals surface area contributed by atoms with Crippen molar-refractivity contribution in [3.8, 4) is 0 Å². The van der Waals surface area contributed by atoms with Crippen LogP contribution in [0.1, 0.15) is 74.1 Å². The number of carbonyl (C=O) groups excluding carboxylic acids is 2. The number of hydrogen-bond acceptors (Lipinski definition) is 2. The van der Waals surface area contributed by atoms with Gasteiger partial charge in [0, 0.05) is 11.3 Å². The van der Waals surface area contributed by atoms with E-state index in [0.29, 0.717) is 12.8 Å². The van der Waals surface area contributed by atoms with E-state index >= 15 is 0 Å². The lowest BCUT2D eigenvalue weighted by Crippen LogP contribution is -2.46. The largest absolute Gasteiger partial charge is 0.298 e. The predicted molar refractivity (Wildman–Crippen MR) is 76.6 cm³/mol. The van der Waals surface area contributed by atoms with Gasteiger partial charge in [-0.2, -0.15) is 0 Å². The maximum Gasteiger partial charge on any atom is 0.151 e. The zero-order valence-corrected chi connectivity index (χ0v) is 13.2. The molecular formula is C16H30O2. The fourth-order valence-corrected chi connectivity index (χ4v) is 2.61. The minimum atomic E-state index is -0.761. The topological polar surface area (TPSA) is 34.1 Å². The molecule has 0 saturated carbocycles. The molecule has 0 aromatic rings. The minimum absolute atomic E-state index is 0.0758. The SMILES string of the molecule is CCCCC(CC)(C(=O)C(C)C)C(=O)C(C)(C)C. The Morgan fingerprint density at radius 2 is 1.56 bits per heavy atom. The molecule has 0 saturated heterocycles. The highest BCUT2D eigenvalue weighted by Gasteiger charge is 2.47. The van der Waals surface area contributed by atoms with Crippen LogP contribution in [-0.4, -0.2) is 11.6 Å². The second-order valence-electron chi connectivity index (χ2n) is 6.64. The van der Waals surface area contributed by atoms with Crippen LogP contribution < -0.4 is 0 Å². The van der Waals surface area contributed by atoms with Crippen LogP contribution in [-0.2, 0) is 9.59 Å². The molecule has 106 valence electrons. The molecule has 18 heavy (non-hydrogen) atoms. The monoisotopic (exact) mass is 254 g/mol. The summed E-state index contributed by atoms with van der Waals surface area (Å²) in [4.78, 5) is 25.3. The van der Waals surface area contributed by atoms with Crippen molar-refractivity contribution in [1.82, 2.24) is 0 Å². The van der Waals surface area contributed by atoms with E-state index in [-0.39, 0.29) is 17.5 Å². The summed E-state index contributed by atoms with van der Waals surface area (Å²) in [5.74, 6) is 0.163. The summed E-state index contributed by atoms with van der Waals surface area (Å²) in [5, 5.41) is 0. The minimum Gasteiger partial charge on any atom is -0.298 e. The molecule has 0 aliphatic heterocycles. The first-order valence-electron chi connectivity index (χ1n) is 7.22. The van der Waals surface area contributed by atoms with E-state index in [0.717, 1.165) is 12.8 Å². The maximum absolute atomic E-state index is 12.7. The van der Waals surface area contributed by atoms with Crippen molar-refractivity contribution in [2.45, 2.75) is 74.1 Å². The highest BCUT2D eigenvalue weighted by atomic mass is 16.2. The van der Waals surface area contributed by atoms with E-state index in [9.17, 15) is 9.59 Å². The Balaban J connectivity index is 5.50. The Hall–Kier alpha value is -0.660. The molecule has 0 aliphatic carbocycles. The average Bonchev–Trinajstić information content (AvgIpc) is 2.28. The quantitative estimate of drug-likeness (QED) is 0.630. The van der Waals surface area contributed by atoms with Crippen molar-refractivity contribution in [3.05, 3.63) is 0 Å². The van der Waals surface area contributed by atoms with Crippen LogP contribution in [0.2, 0.25) is 0 Å². The van der Waals surface area contributed by atoms with Gasteiger partial charge in [0.15, 0.2) is 5.78 Å². The molecule has 0 N–H and O–H groups in total. The van der Waals surface area contributed by atoms with Crippen LogP contribution in [0.25, 0.3) is 0 Å². The molecule has 0 radical (unpaired) electrons. The molecule has 0 aliphatic rings. The first-order chi connectivity index (χ1) is 8.13. The molecule has 0 amide bonds. The van der Waals surface area contributed by atoms with E-state index in [4.69, 9.17) is 0 Å². The van der Waals surface area contributed by atoms with Crippen molar-refractivity contribution in [2.75, 3.05) is 0 Å². The van der Waals surface area contributed by atoms with Gasteiger partial charge < -0.3 is 0 Å². The van der Waals surface area contributed by atoms with Gasteiger partial charge in [0.25, 0.3) is 0 Å². The number of ketones is 2. The Morgan fingerprint density at radius 3 is 1.83 bits per heavy atom. The van der Waals surface area contributed by atoms with Crippen molar-refractivity contribution in [3.63, 3.8) is 0 Å². The summed E-state index contributed by atoms with van der Waals surface area (Å²) in [6.07, 6.45) is 3.28. The second-order valence-corrected chi connectivity index (χ2v) is 6.64. The van der Waals surface area contributed by atoms with Crippen molar-refractivity contribution in [2.24, 2.45) is 16.7 Å². The van der Waals surface area contributed by atoms with Crippen LogP contribution in [0.3, 0.4) is 0 Å². The summed E-state index contributed by atoms with van der Waals surface area (Å²) in [6.45, 7) is 13.6. The molecule has 0 aromatic carbocycles. The van der Waals surface area contributed by atoms with Gasteiger partial charge in [-0.05, 0) is 12.8 Å². The van der Waals surface area contributed by atoms with Gasteiger partial charge >= 0.3 is 0 Å². The number of Topliss-reactive ketones (excluding diaryl/α,β-unsaturated/α-hetero) is 2. The summed E-state index contributed by atoms with van der Waals surface area (Å²) in [6, 6.07) is 0. The van der Waals surface area contributed by atoms with E-state index in [1.807, 2.05) is 41.5 Å². The molecule has 0 rings (SSSR count). The van der Waals surface area contributed by atoms with Gasteiger partial charge in [0.05, 0.1) is 5.41 Å². The highest BCUT2D eigenvalue weighted by Crippen LogP contribution is 2.39. The van der Waals surface area contributed by atoms with Gasteiger partial charge in [0.2, 0.25) is 0 Å². The average molecular weight is 254 g/mol. The molecular weight excluding hydrogens is 224 g/mol. The Bertz CT molecular complexity index is 297. The maximum atomic E-state index is 12.7. The number of rotatable bonds is 7. The third-order valence-electron chi connectivity index (χ3n) is 3.67. The standard InChI is InChI=1S/C16H30O2/c1-8-10-11-16(9-2,13(17)12(3)4)14(18)15(5,6)7/h12H,8-11H2,1-7H3. The Kier molecular flexibility index (Phi) is 6.25. The molecule has 0 fully saturated rings. The van der Waals surface area contributed by atoms with Crippen LogP contribution >= 0.6 is 0 Å². The van der Waals surface area contributed by atoms with Crippen molar-refractivity contribution < 1.29 is 9.59 Å². The van der Waals surface area contributed by atoms with Gasteiger partial charge in [-0.3, -0.25) is 9.59 Å². The molecule has 0 aromatic heterocycles. The van der Waals surface area contributed by atoms with Gasteiger partial charge in [-0.15, -0.1) is 0 Å². The van der Waals surface area contributed by atoms with Gasteiger partial charge in [0.1, 0.15) is 5.78 Å². The molecule has 0 bridgehead atoms. The summed E-state index contributed by atoms with van der Waals surface area (Å²) >= 11 is 0. The normalized spacial score (nSPS) is 15.6. The Morgan fingerprint density at radius 1 is 1.06 bits per heavy atom. The van der Waals surface area contributed by atoms with Gasteiger partial charge in [-0.25, -0.2) is 0 Å². The smallest absolute Gasteiger partial charge is 0.151 e. The third kappa shape index (κ3) is 3.66. The molecule has 2 nitrogen and oxygen atoms in total. The zero-order valence-electron chi connectivity index (χ0n) is 13.2. The van der Waals surface area contributed by atoms with Crippen molar-refractivity contribution >= 4 is 11.6 Å². The fraction of sp³-hybridized carbons (Fsp3) is 0.875. The summed E-state index contributed by atoms with van der Waals surface area (Å²) in [5.41, 5.74) is -1.21. The molecule has 0 spiro atoms. The lowest BCUT2D eigenvalue weighted by molar-refractivity contribution is -0.148. The number of unbranched alkanes of at least 4 members (excludes halogenated alkanes) is 1. The second kappa shape index (κ2) is 6.49. The van der Waals surface area contributed by atoms with E-state index in [1.165, 1.54) is 0 Å². The summed E-state index contributed by atoms with van der Waals surface area (Å²) < 4.78 is 0. The predicted octanol–water partition coefficient (Wildman–Crippen LogP) is 4.41. The highest BCUT2D eigenvalue weighted by molar-refractivity contribution is 6.09. The molecule has 2 heteroatoms. The fourth-order valence-electron chi connectivity index (χ4n) is 2.61. The van der Waals surface area contributed by atoms with Crippen LogP contribution in [0.4, 0.5) is 0 Å². The first kappa shape index (κ1) is 17.3. The number of hydrogen-bond donors (Lipinski definition) is 0. The lowest BCUT2D eigenvalue weighted by Gasteiger charge is -2.36. The molecule has 1 unspecified atom stereocenters. The summed E-state index contributed by atoms with van der Waals surface area (Å²) in [7, 11) is 0. The van der Waals surface area contributed by atoms with E-state index in [1.54, 1.807) is 0 Å². The zero-order chi connectivity index (χ0) is 14.6. The number of carbonyl (C=O) groups is 2. The molecule has 1 atom stereocenters. The van der Waals surface area contributed by atoms with Crippen LogP contribution in [0.5, 0.6) is 0 Å². The molecule has 0 heterocycles. The van der Waals surface area contributed by atoms with E-state index in [2.05, 4.69) is 6.92 Å². The van der Waals surface area contributed by atoms with Gasteiger partial charge in [-0.1, -0.05) is 61.3 Å². The van der Waals surface area contributed by atoms with Crippen LogP contribution in [0.15, 0.2) is 0 Å².